The Balaban J connectivity index is 1.59. The summed E-state index contributed by atoms with van der Waals surface area (Å²) in [6.45, 7) is 3.90. The highest BCUT2D eigenvalue weighted by Crippen LogP contribution is 2.33. The number of carbonyl (C=O) groups excluding carboxylic acids is 2. The summed E-state index contributed by atoms with van der Waals surface area (Å²) < 4.78 is 5.68. The number of amides is 3. The smallest absolute Gasteiger partial charge is 0.325 e. The Morgan fingerprint density at radius 3 is 2.68 bits per heavy atom. The van der Waals surface area contributed by atoms with E-state index in [2.05, 4.69) is 5.32 Å². The molecule has 1 atom stereocenters. The Kier molecular flexibility index (Phi) is 4.99. The Morgan fingerprint density at radius 2 is 1.96 bits per heavy atom. The van der Waals surface area contributed by atoms with Gasteiger partial charge in [-0.25, -0.2) is 4.79 Å². The minimum atomic E-state index is -0.923. The van der Waals surface area contributed by atoms with Crippen LogP contribution in [0, 0.1) is 13.8 Å². The van der Waals surface area contributed by atoms with Crippen molar-refractivity contribution in [2.75, 3.05) is 13.2 Å². The minimum Gasteiger partial charge on any atom is -0.491 e. The van der Waals surface area contributed by atoms with E-state index in [1.165, 1.54) is 0 Å². The van der Waals surface area contributed by atoms with Crippen LogP contribution in [-0.2, 0) is 4.79 Å². The van der Waals surface area contributed by atoms with Gasteiger partial charge in [0.25, 0.3) is 5.91 Å². The standard InChI is InChI=1S/C19H26N2O4/c1-13-6-7-14(2)16(10-13)25-12-15(22)11-21-17(23)19(20-18(21)24)8-4-3-5-9-19/h6-7,10,15,22H,3-5,8-9,11-12H2,1-2H3,(H,20,24). The third-order valence-corrected chi connectivity index (χ3v) is 5.12. The number of carbonyl (C=O) groups is 2. The van der Waals surface area contributed by atoms with Crippen LogP contribution in [0.4, 0.5) is 4.79 Å². The predicted molar refractivity (Wildman–Crippen MR) is 93.5 cm³/mol. The average molecular weight is 346 g/mol. The SMILES string of the molecule is Cc1ccc(C)c(OCC(O)CN2C(=O)NC3(CCCCC3)C2=O)c1. The van der Waals surface area contributed by atoms with Crippen LogP contribution < -0.4 is 10.1 Å². The molecule has 2 fully saturated rings. The summed E-state index contributed by atoms with van der Waals surface area (Å²) in [6, 6.07) is 5.46. The molecule has 1 aromatic carbocycles. The van der Waals surface area contributed by atoms with Gasteiger partial charge in [-0.15, -0.1) is 0 Å². The van der Waals surface area contributed by atoms with E-state index in [0.717, 1.165) is 35.3 Å². The van der Waals surface area contributed by atoms with E-state index < -0.39 is 17.7 Å². The van der Waals surface area contributed by atoms with Crippen LogP contribution in [0.5, 0.6) is 5.75 Å². The summed E-state index contributed by atoms with van der Waals surface area (Å²) in [5, 5.41) is 13.1. The lowest BCUT2D eigenvalue weighted by atomic mass is 9.82. The number of rotatable bonds is 5. The van der Waals surface area contributed by atoms with Gasteiger partial charge in [0.15, 0.2) is 0 Å². The molecule has 1 aromatic rings. The summed E-state index contributed by atoms with van der Waals surface area (Å²) in [4.78, 5) is 26.0. The molecule has 25 heavy (non-hydrogen) atoms. The van der Waals surface area contributed by atoms with E-state index in [1.807, 2.05) is 32.0 Å². The van der Waals surface area contributed by atoms with Crippen molar-refractivity contribution < 1.29 is 19.4 Å². The Hall–Kier alpha value is -2.08. The molecule has 1 saturated carbocycles. The van der Waals surface area contributed by atoms with Gasteiger partial charge < -0.3 is 15.2 Å². The van der Waals surface area contributed by atoms with Crippen LogP contribution in [0.25, 0.3) is 0 Å². The molecular formula is C19H26N2O4. The van der Waals surface area contributed by atoms with Gasteiger partial charge in [0.1, 0.15) is 24.0 Å². The summed E-state index contributed by atoms with van der Waals surface area (Å²) in [6.07, 6.45) is 3.42. The number of nitrogens with zero attached hydrogens (tertiary/aromatic N) is 1. The van der Waals surface area contributed by atoms with Crippen LogP contribution in [0.2, 0.25) is 0 Å². The number of hydrogen-bond acceptors (Lipinski definition) is 4. The molecule has 2 aliphatic rings. The third-order valence-electron chi connectivity index (χ3n) is 5.12. The van der Waals surface area contributed by atoms with Gasteiger partial charge in [-0.05, 0) is 43.9 Å². The number of imide groups is 1. The normalized spacial score (nSPS) is 20.7. The van der Waals surface area contributed by atoms with E-state index >= 15 is 0 Å². The maximum atomic E-state index is 12.7. The molecule has 136 valence electrons. The maximum absolute atomic E-state index is 12.7. The number of β-amino-alcohol motifs (C(OH)–C–C–N with tert-alkyl or cyclic N) is 1. The van der Waals surface area contributed by atoms with Crippen molar-refractivity contribution in [3.05, 3.63) is 29.3 Å². The molecule has 1 aliphatic carbocycles. The van der Waals surface area contributed by atoms with Crippen LogP contribution in [0.3, 0.4) is 0 Å². The molecule has 1 saturated heterocycles. The number of urea groups is 1. The number of hydrogen-bond donors (Lipinski definition) is 2. The first kappa shape index (κ1) is 17.7. The first-order valence-electron chi connectivity index (χ1n) is 8.93. The van der Waals surface area contributed by atoms with Crippen molar-refractivity contribution in [3.63, 3.8) is 0 Å². The highest BCUT2D eigenvalue weighted by Gasteiger charge is 2.51. The molecule has 1 heterocycles. The molecule has 6 nitrogen and oxygen atoms in total. The number of aryl methyl sites for hydroxylation is 2. The fourth-order valence-electron chi connectivity index (χ4n) is 3.65. The summed E-state index contributed by atoms with van der Waals surface area (Å²) in [5.41, 5.74) is 1.31. The van der Waals surface area contributed by atoms with Gasteiger partial charge in [0, 0.05) is 0 Å². The van der Waals surface area contributed by atoms with Crippen molar-refractivity contribution in [1.29, 1.82) is 0 Å². The van der Waals surface area contributed by atoms with E-state index in [1.54, 1.807) is 0 Å². The zero-order valence-electron chi connectivity index (χ0n) is 14.9. The van der Waals surface area contributed by atoms with E-state index in [0.29, 0.717) is 18.6 Å². The second kappa shape index (κ2) is 7.04. The molecule has 1 aliphatic heterocycles. The Bertz CT molecular complexity index is 667. The van der Waals surface area contributed by atoms with Gasteiger partial charge in [0.05, 0.1) is 6.54 Å². The number of benzene rings is 1. The number of nitrogens with one attached hydrogen (secondary N) is 1. The van der Waals surface area contributed by atoms with Gasteiger partial charge in [0.2, 0.25) is 0 Å². The molecular weight excluding hydrogens is 320 g/mol. The predicted octanol–water partition coefficient (Wildman–Crippen LogP) is 2.30. The molecule has 0 radical (unpaired) electrons. The van der Waals surface area contributed by atoms with Crippen LogP contribution in [-0.4, -0.2) is 46.7 Å². The van der Waals surface area contributed by atoms with Gasteiger partial charge in [-0.1, -0.05) is 31.4 Å². The van der Waals surface area contributed by atoms with Crippen LogP contribution in [0.1, 0.15) is 43.2 Å². The summed E-state index contributed by atoms with van der Waals surface area (Å²) in [7, 11) is 0. The lowest BCUT2D eigenvalue weighted by molar-refractivity contribution is -0.133. The lowest BCUT2D eigenvalue weighted by Gasteiger charge is -2.30. The molecule has 6 heteroatoms. The quantitative estimate of drug-likeness (QED) is 0.802. The third kappa shape index (κ3) is 3.63. The van der Waals surface area contributed by atoms with Gasteiger partial charge in [-0.3, -0.25) is 9.69 Å². The highest BCUT2D eigenvalue weighted by atomic mass is 16.5. The van der Waals surface area contributed by atoms with Crippen molar-refractivity contribution in [1.82, 2.24) is 10.2 Å². The summed E-state index contributed by atoms with van der Waals surface area (Å²) >= 11 is 0. The fraction of sp³-hybridized carbons (Fsp3) is 0.579. The molecule has 3 rings (SSSR count). The lowest BCUT2D eigenvalue weighted by Crippen LogP contribution is -2.48. The molecule has 1 spiro atoms. The molecule has 3 amide bonds. The molecule has 2 N–H and O–H groups in total. The largest absolute Gasteiger partial charge is 0.491 e. The van der Waals surface area contributed by atoms with E-state index in [-0.39, 0.29) is 19.1 Å². The average Bonchev–Trinajstić information content (AvgIpc) is 2.80. The van der Waals surface area contributed by atoms with Crippen molar-refractivity contribution in [2.45, 2.75) is 57.6 Å². The van der Waals surface area contributed by atoms with Crippen LogP contribution >= 0.6 is 0 Å². The first-order valence-corrected chi connectivity index (χ1v) is 8.93. The van der Waals surface area contributed by atoms with Crippen molar-refractivity contribution >= 4 is 11.9 Å². The fourth-order valence-corrected chi connectivity index (χ4v) is 3.65. The molecule has 1 unspecified atom stereocenters. The van der Waals surface area contributed by atoms with Crippen molar-refractivity contribution in [3.8, 4) is 5.75 Å². The molecule has 0 aromatic heterocycles. The van der Waals surface area contributed by atoms with Crippen molar-refractivity contribution in [2.24, 2.45) is 0 Å². The number of ether oxygens (including phenoxy) is 1. The van der Waals surface area contributed by atoms with E-state index in [4.69, 9.17) is 4.74 Å². The second-order valence-corrected chi connectivity index (χ2v) is 7.22. The Labute approximate surface area is 148 Å². The maximum Gasteiger partial charge on any atom is 0.325 e. The summed E-state index contributed by atoms with van der Waals surface area (Å²) in [5.74, 6) is 0.503. The highest BCUT2D eigenvalue weighted by molar-refractivity contribution is 6.07. The zero-order chi connectivity index (χ0) is 18.0. The Morgan fingerprint density at radius 1 is 1.24 bits per heavy atom. The molecule has 0 bridgehead atoms. The minimum absolute atomic E-state index is 0.0361. The monoisotopic (exact) mass is 346 g/mol. The second-order valence-electron chi connectivity index (χ2n) is 7.22. The zero-order valence-corrected chi connectivity index (χ0v) is 14.9. The van der Waals surface area contributed by atoms with Gasteiger partial charge in [-0.2, -0.15) is 0 Å². The number of aliphatic hydroxyl groups excluding tert-OH is 1. The van der Waals surface area contributed by atoms with Crippen LogP contribution in [0.15, 0.2) is 18.2 Å². The topological polar surface area (TPSA) is 78.9 Å². The van der Waals surface area contributed by atoms with E-state index in [9.17, 15) is 14.7 Å². The number of aliphatic hydroxyl groups is 1. The first-order chi connectivity index (χ1) is 11.9. The van der Waals surface area contributed by atoms with Gasteiger partial charge >= 0.3 is 6.03 Å².